The van der Waals surface area contributed by atoms with Crippen molar-refractivity contribution < 1.29 is 28.6 Å². The lowest BCUT2D eigenvalue weighted by Crippen LogP contribution is -2.53. The lowest BCUT2D eigenvalue weighted by Gasteiger charge is -2.39. The minimum Gasteiger partial charge on any atom is -0.476 e. The SMILES string of the molecule is CC(C)(C)OC(=O)N1CCC[C@@H](N(C(=O)c2ccc(-n3nnc4cccnc43)cc2F)c2nccc3sc(-c4csc(C(=O)O)n4)cc23)C1. The van der Waals surface area contributed by atoms with Crippen LogP contribution in [0.1, 0.15) is 53.8 Å². The third-order valence-corrected chi connectivity index (χ3v) is 9.81. The van der Waals surface area contributed by atoms with Gasteiger partial charge in [-0.05, 0) is 70.0 Å². The van der Waals surface area contributed by atoms with Crippen molar-refractivity contribution in [1.82, 2.24) is 34.8 Å². The van der Waals surface area contributed by atoms with E-state index in [0.29, 0.717) is 52.2 Å². The number of amides is 2. The van der Waals surface area contributed by atoms with Crippen molar-refractivity contribution in [2.75, 3.05) is 18.0 Å². The number of carbonyl (C=O) groups excluding carboxylic acids is 2. The van der Waals surface area contributed by atoms with Crippen molar-refractivity contribution in [3.8, 4) is 16.3 Å². The van der Waals surface area contributed by atoms with Crippen LogP contribution in [-0.4, -0.2) is 82.7 Å². The number of rotatable bonds is 6. The molecule has 0 radical (unpaired) electrons. The van der Waals surface area contributed by atoms with E-state index >= 15 is 4.39 Å². The van der Waals surface area contributed by atoms with E-state index in [1.807, 2.05) is 0 Å². The number of anilines is 1. The molecule has 1 aromatic carbocycles. The summed E-state index contributed by atoms with van der Waals surface area (Å²) in [6.45, 7) is 5.93. The number of nitrogens with zero attached hydrogens (tertiary/aromatic N) is 8. The molecular formula is C33H29FN8O5S2. The Morgan fingerprint density at radius 3 is 2.69 bits per heavy atom. The van der Waals surface area contributed by atoms with Crippen LogP contribution < -0.4 is 4.90 Å². The first-order valence-corrected chi connectivity index (χ1v) is 17.0. The molecule has 6 heterocycles. The molecule has 1 aliphatic heterocycles. The van der Waals surface area contributed by atoms with Gasteiger partial charge in [-0.1, -0.05) is 5.21 Å². The zero-order valence-corrected chi connectivity index (χ0v) is 28.2. The Morgan fingerprint density at radius 1 is 1.10 bits per heavy atom. The number of carboxylic acids is 1. The van der Waals surface area contributed by atoms with E-state index in [2.05, 4.69) is 25.3 Å². The van der Waals surface area contributed by atoms with Crippen molar-refractivity contribution in [3.05, 3.63) is 76.6 Å². The molecule has 16 heteroatoms. The summed E-state index contributed by atoms with van der Waals surface area (Å²) in [6.07, 6.45) is 3.74. The Morgan fingerprint density at radius 2 is 1.94 bits per heavy atom. The number of thiophene rings is 1. The summed E-state index contributed by atoms with van der Waals surface area (Å²) in [4.78, 5) is 56.1. The molecule has 13 nitrogen and oxygen atoms in total. The van der Waals surface area contributed by atoms with E-state index < -0.39 is 35.4 Å². The Bertz CT molecular complexity index is 2240. The number of halogens is 1. The summed E-state index contributed by atoms with van der Waals surface area (Å²) in [6, 6.07) is 10.7. The molecule has 1 N–H and O–H groups in total. The standard InChI is InChI=1S/C33H29FN8O5S2/c1-33(2,3)47-32(46)40-13-5-6-19(16-40)41(27-21-15-26(49-25(21)10-12-36-27)24-17-48-29(37-24)31(44)45)30(43)20-9-8-18(14-22(20)34)42-28-23(38-39-42)7-4-11-35-28/h4,7-12,14-15,17,19H,5-6,13,16H2,1-3H3,(H,44,45)/t19-/m1/s1. The highest BCUT2D eigenvalue weighted by atomic mass is 32.1. The van der Waals surface area contributed by atoms with Gasteiger partial charge in [0.25, 0.3) is 5.91 Å². The van der Waals surface area contributed by atoms with Crippen molar-refractivity contribution in [3.63, 3.8) is 0 Å². The van der Waals surface area contributed by atoms with Crippen LogP contribution in [0.25, 0.3) is 37.5 Å². The fourth-order valence-corrected chi connectivity index (χ4v) is 7.46. The van der Waals surface area contributed by atoms with Gasteiger partial charge < -0.3 is 14.7 Å². The number of hydrogen-bond donors (Lipinski definition) is 1. The van der Waals surface area contributed by atoms with Gasteiger partial charge in [0.2, 0.25) is 5.01 Å². The van der Waals surface area contributed by atoms with Gasteiger partial charge in [-0.2, -0.15) is 4.68 Å². The quantitative estimate of drug-likeness (QED) is 0.205. The van der Waals surface area contributed by atoms with Crippen molar-refractivity contribution in [2.45, 2.75) is 45.3 Å². The molecule has 1 saturated heterocycles. The highest BCUT2D eigenvalue weighted by molar-refractivity contribution is 7.22. The average molecular weight is 701 g/mol. The van der Waals surface area contributed by atoms with Gasteiger partial charge in [0.15, 0.2) is 5.65 Å². The number of aromatic carboxylic acids is 1. The highest BCUT2D eigenvalue weighted by Crippen LogP contribution is 2.39. The molecule has 0 saturated carbocycles. The van der Waals surface area contributed by atoms with Crippen molar-refractivity contribution in [2.24, 2.45) is 0 Å². The number of hydrogen-bond acceptors (Lipinski definition) is 11. The number of aromatic nitrogens is 6. The van der Waals surface area contributed by atoms with Gasteiger partial charge in [0.1, 0.15) is 22.8 Å². The molecular weight excluding hydrogens is 672 g/mol. The number of fused-ring (bicyclic) bond motifs is 2. The molecule has 1 atom stereocenters. The maximum atomic E-state index is 16.0. The highest BCUT2D eigenvalue weighted by Gasteiger charge is 2.36. The normalized spacial score (nSPS) is 15.1. The predicted octanol–water partition coefficient (Wildman–Crippen LogP) is 6.43. The number of thiazole rings is 1. The Labute approximate surface area is 286 Å². The topological polar surface area (TPSA) is 157 Å². The molecule has 0 spiro atoms. The predicted molar refractivity (Wildman–Crippen MR) is 182 cm³/mol. The van der Waals surface area contributed by atoms with E-state index in [0.717, 1.165) is 16.0 Å². The fourth-order valence-electron chi connectivity index (χ4n) is 5.72. The van der Waals surface area contributed by atoms with Gasteiger partial charge in [-0.3, -0.25) is 9.69 Å². The minimum atomic E-state index is -1.12. The Kier molecular flexibility index (Phi) is 8.28. The van der Waals surface area contributed by atoms with E-state index in [1.54, 1.807) is 73.8 Å². The molecule has 0 aliphatic carbocycles. The summed E-state index contributed by atoms with van der Waals surface area (Å²) in [5.41, 5.74) is 0.876. The number of ether oxygens (including phenoxy) is 1. The summed E-state index contributed by atoms with van der Waals surface area (Å²) in [7, 11) is 0. The molecule has 250 valence electrons. The third kappa shape index (κ3) is 6.31. The second kappa shape index (κ2) is 12.6. The summed E-state index contributed by atoms with van der Waals surface area (Å²) in [5, 5.41) is 19.8. The van der Waals surface area contributed by atoms with Crippen LogP contribution in [0.4, 0.5) is 15.0 Å². The minimum absolute atomic E-state index is 0.0411. The van der Waals surface area contributed by atoms with Crippen LogP contribution in [-0.2, 0) is 4.74 Å². The monoisotopic (exact) mass is 700 g/mol. The van der Waals surface area contributed by atoms with E-state index in [-0.39, 0.29) is 22.9 Å². The number of pyridine rings is 2. The first kappa shape index (κ1) is 32.2. The average Bonchev–Trinajstić information content (AvgIpc) is 3.83. The second-order valence-electron chi connectivity index (χ2n) is 12.4. The maximum absolute atomic E-state index is 16.0. The second-order valence-corrected chi connectivity index (χ2v) is 14.4. The van der Waals surface area contributed by atoms with Crippen LogP contribution in [0, 0.1) is 5.82 Å². The summed E-state index contributed by atoms with van der Waals surface area (Å²) in [5.74, 6) is -2.26. The molecule has 2 amide bonds. The Balaban J connectivity index is 1.30. The zero-order chi connectivity index (χ0) is 34.4. The van der Waals surface area contributed by atoms with Gasteiger partial charge in [0, 0.05) is 47.0 Å². The van der Waals surface area contributed by atoms with Gasteiger partial charge >= 0.3 is 12.1 Å². The first-order chi connectivity index (χ1) is 23.5. The first-order valence-electron chi connectivity index (χ1n) is 15.3. The van der Waals surface area contributed by atoms with E-state index in [1.165, 1.54) is 33.1 Å². The van der Waals surface area contributed by atoms with Crippen LogP contribution in [0.5, 0.6) is 0 Å². The molecule has 0 unspecified atom stereocenters. The molecule has 7 rings (SSSR count). The van der Waals surface area contributed by atoms with Crippen molar-refractivity contribution in [1.29, 1.82) is 0 Å². The van der Waals surface area contributed by atoms with Gasteiger partial charge in [-0.15, -0.1) is 27.8 Å². The lowest BCUT2D eigenvalue weighted by molar-refractivity contribution is 0.0195. The van der Waals surface area contributed by atoms with Crippen molar-refractivity contribution >= 4 is 67.7 Å². The van der Waals surface area contributed by atoms with Gasteiger partial charge in [-0.25, -0.2) is 28.9 Å². The summed E-state index contributed by atoms with van der Waals surface area (Å²) < 4.78 is 23.8. The van der Waals surface area contributed by atoms with Crippen LogP contribution in [0.15, 0.2) is 60.2 Å². The number of carbonyl (C=O) groups is 3. The largest absolute Gasteiger partial charge is 0.476 e. The fraction of sp³-hybridized carbons (Fsp3) is 0.273. The molecule has 1 aliphatic rings. The lowest BCUT2D eigenvalue weighted by atomic mass is 10.0. The molecule has 49 heavy (non-hydrogen) atoms. The van der Waals surface area contributed by atoms with Crippen LogP contribution in [0.3, 0.4) is 0 Å². The Hall–Kier alpha value is -5.35. The van der Waals surface area contributed by atoms with Crippen LogP contribution in [0.2, 0.25) is 0 Å². The molecule has 0 bridgehead atoms. The van der Waals surface area contributed by atoms with E-state index in [9.17, 15) is 19.5 Å². The molecule has 1 fully saturated rings. The number of piperidine rings is 1. The van der Waals surface area contributed by atoms with E-state index in [4.69, 9.17) is 4.74 Å². The number of likely N-dealkylation sites (tertiary alicyclic amines) is 1. The number of benzene rings is 1. The smallest absolute Gasteiger partial charge is 0.410 e. The zero-order valence-electron chi connectivity index (χ0n) is 26.5. The van der Waals surface area contributed by atoms with Crippen LogP contribution >= 0.6 is 22.7 Å². The molecule has 6 aromatic rings. The number of carboxylic acid groups (broad SMARTS) is 1. The summed E-state index contributed by atoms with van der Waals surface area (Å²) >= 11 is 2.39. The molecule has 5 aromatic heterocycles. The van der Waals surface area contributed by atoms with Gasteiger partial charge in [0.05, 0.1) is 27.9 Å². The maximum Gasteiger partial charge on any atom is 0.410 e. The third-order valence-electron chi connectivity index (χ3n) is 7.86.